The van der Waals surface area contributed by atoms with Crippen molar-refractivity contribution < 1.29 is 27.5 Å². The molecular weight excluding hydrogens is 556 g/mol. The number of carbonyl (C=O) groups is 2. The van der Waals surface area contributed by atoms with Crippen LogP contribution < -0.4 is 10.6 Å². The number of hydrogen-bond donors (Lipinski definition) is 3. The molecule has 1 aliphatic heterocycles. The zero-order chi connectivity index (χ0) is 29.9. The first-order chi connectivity index (χ1) is 20.3. The highest BCUT2D eigenvalue weighted by atomic mass is 32.2. The number of rotatable bonds is 12. The van der Waals surface area contributed by atoms with Crippen LogP contribution >= 0.6 is 0 Å². The summed E-state index contributed by atoms with van der Waals surface area (Å²) in [5.74, 6) is 0.292. The number of piperidine rings is 1. The first-order valence-corrected chi connectivity index (χ1v) is 15.8. The molecule has 3 aromatic rings. The number of ether oxygens (including phenoxy) is 1. The van der Waals surface area contributed by atoms with E-state index in [1.165, 1.54) is 4.31 Å². The zero-order valence-electron chi connectivity index (χ0n) is 24.5. The molecule has 2 aliphatic rings. The summed E-state index contributed by atoms with van der Waals surface area (Å²) < 4.78 is 35.8. The number of aryl methyl sites for hydroxylation is 1. The maximum absolute atomic E-state index is 13.0. The van der Waals surface area contributed by atoms with E-state index < -0.39 is 16.7 Å². The Hall–Kier alpha value is -3.12. The van der Waals surface area contributed by atoms with Gasteiger partial charge >= 0.3 is 5.97 Å². The average molecular weight is 597 g/mol. The van der Waals surface area contributed by atoms with Crippen LogP contribution in [0.1, 0.15) is 78.5 Å². The maximum Gasteiger partial charge on any atom is 0.312 e. The van der Waals surface area contributed by atoms with Crippen molar-refractivity contribution in [3.05, 3.63) is 52.7 Å². The summed E-state index contributed by atoms with van der Waals surface area (Å²) >= 11 is -2.24. The van der Waals surface area contributed by atoms with Crippen molar-refractivity contribution in [2.45, 2.75) is 64.8 Å². The topological polar surface area (TPSA) is 134 Å². The number of benzene rings is 1. The number of amides is 1. The Labute approximate surface area is 249 Å². The number of nitrogens with one attached hydrogen (secondary N) is 2. The van der Waals surface area contributed by atoms with Gasteiger partial charge in [0, 0.05) is 19.2 Å². The number of furan rings is 1. The van der Waals surface area contributed by atoms with Crippen molar-refractivity contribution in [1.82, 2.24) is 19.9 Å². The highest BCUT2D eigenvalue weighted by Crippen LogP contribution is 2.44. The van der Waals surface area contributed by atoms with Gasteiger partial charge in [-0.15, -0.1) is 0 Å². The number of carbonyl (C=O) groups excluding carboxylic acids is 2. The van der Waals surface area contributed by atoms with Crippen LogP contribution in [-0.2, 0) is 27.3 Å². The second-order valence-electron chi connectivity index (χ2n) is 11.4. The van der Waals surface area contributed by atoms with Gasteiger partial charge in [-0.3, -0.25) is 14.1 Å². The Morgan fingerprint density at radius 2 is 1.95 bits per heavy atom. The van der Waals surface area contributed by atoms with Crippen molar-refractivity contribution in [2.24, 2.45) is 5.41 Å². The molecule has 1 saturated carbocycles. The first-order valence-electron chi connectivity index (χ1n) is 14.8. The average Bonchev–Trinajstić information content (AvgIpc) is 3.77. The number of pyridine rings is 1. The lowest BCUT2D eigenvalue weighted by molar-refractivity contribution is -0.157. The van der Waals surface area contributed by atoms with E-state index in [0.29, 0.717) is 67.0 Å². The Morgan fingerprint density at radius 3 is 2.57 bits per heavy atom. The molecule has 3 heterocycles. The van der Waals surface area contributed by atoms with Gasteiger partial charge in [0.1, 0.15) is 5.76 Å². The van der Waals surface area contributed by atoms with Crippen molar-refractivity contribution in [3.8, 4) is 11.3 Å². The van der Waals surface area contributed by atoms with E-state index in [9.17, 15) is 18.4 Å². The second kappa shape index (κ2) is 13.0. The predicted molar refractivity (Wildman–Crippen MR) is 161 cm³/mol. The molecule has 11 heteroatoms. The van der Waals surface area contributed by atoms with Crippen LogP contribution in [0.3, 0.4) is 0 Å². The molecule has 1 saturated heterocycles. The van der Waals surface area contributed by atoms with Gasteiger partial charge in [-0.1, -0.05) is 29.8 Å². The summed E-state index contributed by atoms with van der Waals surface area (Å²) in [6.07, 6.45) is 4.51. The summed E-state index contributed by atoms with van der Waals surface area (Å²) in [7, 11) is 1.59. The molecule has 10 nitrogen and oxygen atoms in total. The molecule has 5 rings (SSSR count). The Kier molecular flexibility index (Phi) is 9.41. The fourth-order valence-electron chi connectivity index (χ4n) is 5.93. The second-order valence-corrected chi connectivity index (χ2v) is 12.3. The van der Waals surface area contributed by atoms with E-state index >= 15 is 0 Å². The molecule has 0 radical (unpaired) electrons. The molecule has 3 N–H and O–H groups in total. The Morgan fingerprint density at radius 1 is 1.24 bits per heavy atom. The minimum absolute atomic E-state index is 0.148. The molecule has 1 atom stereocenters. The number of fused-ring (bicyclic) bond motifs is 1. The van der Waals surface area contributed by atoms with Crippen LogP contribution in [0, 0.1) is 12.3 Å². The molecule has 226 valence electrons. The summed E-state index contributed by atoms with van der Waals surface area (Å²) in [6, 6.07) is 9.75. The molecular formula is C31H40N4O6S. The zero-order valence-corrected chi connectivity index (χ0v) is 25.3. The highest BCUT2D eigenvalue weighted by molar-refractivity contribution is 7.76. The van der Waals surface area contributed by atoms with Crippen LogP contribution in [0.5, 0.6) is 0 Å². The van der Waals surface area contributed by atoms with Gasteiger partial charge in [-0.05, 0) is 83.0 Å². The normalized spacial score (nSPS) is 17.4. The van der Waals surface area contributed by atoms with E-state index in [4.69, 9.17) is 14.1 Å². The van der Waals surface area contributed by atoms with E-state index in [0.717, 1.165) is 42.6 Å². The van der Waals surface area contributed by atoms with Gasteiger partial charge in [0.05, 0.1) is 35.2 Å². The minimum Gasteiger partial charge on any atom is -0.466 e. The largest absolute Gasteiger partial charge is 0.466 e. The summed E-state index contributed by atoms with van der Waals surface area (Å²) in [4.78, 5) is 30.8. The van der Waals surface area contributed by atoms with Crippen LogP contribution in [0.25, 0.3) is 22.4 Å². The highest BCUT2D eigenvalue weighted by Gasteiger charge is 2.40. The van der Waals surface area contributed by atoms with Crippen molar-refractivity contribution in [3.63, 3.8) is 0 Å². The molecule has 0 spiro atoms. The summed E-state index contributed by atoms with van der Waals surface area (Å²) in [5.41, 5.74) is 3.70. The fraction of sp³-hybridized carbons (Fsp3) is 0.516. The van der Waals surface area contributed by atoms with Crippen LogP contribution in [0.15, 0.2) is 34.7 Å². The van der Waals surface area contributed by atoms with E-state index in [1.54, 1.807) is 7.05 Å². The maximum atomic E-state index is 13.0. The van der Waals surface area contributed by atoms with E-state index in [-0.39, 0.29) is 24.3 Å². The van der Waals surface area contributed by atoms with E-state index in [2.05, 4.69) is 10.6 Å². The molecule has 1 aromatic carbocycles. The van der Waals surface area contributed by atoms with Gasteiger partial charge in [-0.2, -0.15) is 4.31 Å². The summed E-state index contributed by atoms with van der Waals surface area (Å²) in [6.45, 7) is 6.10. The van der Waals surface area contributed by atoms with Gasteiger partial charge in [0.2, 0.25) is 17.0 Å². The monoisotopic (exact) mass is 596 g/mol. The SMILES string of the molecule is CCOC(=O)C1(CCCN(Cc2nc3oc(-c4ccc(C)cc4)c(C(=O)NC)c3cc2C2CC2)S(=O)O)CCNCC1. The van der Waals surface area contributed by atoms with Crippen molar-refractivity contribution in [2.75, 3.05) is 33.3 Å². The lowest BCUT2D eigenvalue weighted by Gasteiger charge is -2.35. The lowest BCUT2D eigenvalue weighted by Crippen LogP contribution is -2.43. The van der Waals surface area contributed by atoms with Gasteiger partial charge in [0.15, 0.2) is 0 Å². The third-order valence-corrected chi connectivity index (χ3v) is 9.21. The van der Waals surface area contributed by atoms with Crippen molar-refractivity contribution >= 4 is 34.2 Å². The molecule has 0 bridgehead atoms. The fourth-order valence-corrected chi connectivity index (χ4v) is 6.44. The molecule has 2 fully saturated rings. The predicted octanol–water partition coefficient (Wildman–Crippen LogP) is 4.69. The molecule has 2 aromatic heterocycles. The smallest absolute Gasteiger partial charge is 0.312 e. The van der Waals surface area contributed by atoms with Crippen LogP contribution in [0.4, 0.5) is 0 Å². The first kappa shape index (κ1) is 30.3. The Balaban J connectivity index is 1.43. The quantitative estimate of drug-likeness (QED) is 0.203. The van der Waals surface area contributed by atoms with Gasteiger partial charge in [0.25, 0.3) is 5.91 Å². The third kappa shape index (κ3) is 6.44. The standard InChI is InChI=1S/C31H40N4O6S/c1-4-40-30(37)31(13-15-33-16-14-31)12-5-17-35(42(38)39)19-25-23(21-10-11-21)18-24-26(28(36)32-3)27(41-29(24)34-25)22-8-6-20(2)7-9-22/h6-9,18,21,33H,4-5,10-17,19H2,1-3H3,(H,32,36)(H,38,39). The molecule has 1 aliphatic carbocycles. The number of hydrogen-bond acceptors (Lipinski definition) is 7. The summed E-state index contributed by atoms with van der Waals surface area (Å²) in [5, 5.41) is 6.67. The van der Waals surface area contributed by atoms with Crippen molar-refractivity contribution in [1.29, 1.82) is 0 Å². The number of esters is 1. The number of aromatic nitrogens is 1. The van der Waals surface area contributed by atoms with Gasteiger partial charge < -0.3 is 19.8 Å². The molecule has 1 amide bonds. The van der Waals surface area contributed by atoms with Crippen LogP contribution in [-0.4, -0.2) is 63.2 Å². The third-order valence-electron chi connectivity index (χ3n) is 8.46. The lowest BCUT2D eigenvalue weighted by atomic mass is 9.75. The number of nitrogens with zero attached hydrogens (tertiary/aromatic N) is 2. The minimum atomic E-state index is -2.24. The molecule has 1 unspecified atom stereocenters. The van der Waals surface area contributed by atoms with Gasteiger partial charge in [-0.25, -0.2) is 9.19 Å². The van der Waals surface area contributed by atoms with Crippen LogP contribution in [0.2, 0.25) is 0 Å². The molecule has 42 heavy (non-hydrogen) atoms. The Bertz CT molecular complexity index is 1460. The van der Waals surface area contributed by atoms with E-state index in [1.807, 2.05) is 44.2 Å².